The van der Waals surface area contributed by atoms with E-state index in [4.69, 9.17) is 14.2 Å². The van der Waals surface area contributed by atoms with Gasteiger partial charge in [-0.05, 0) is 36.5 Å². The molecule has 3 heterocycles. The zero-order chi connectivity index (χ0) is 20.2. The van der Waals surface area contributed by atoms with Gasteiger partial charge in [-0.3, -0.25) is 9.78 Å². The number of nitrogens with zero attached hydrogens (tertiary/aromatic N) is 4. The number of carbonyl (C=O) groups excluding carboxylic acids is 1. The van der Waals surface area contributed by atoms with E-state index >= 15 is 0 Å². The Morgan fingerprint density at radius 2 is 1.90 bits per heavy atom. The molecule has 0 radical (unpaired) electrons. The van der Waals surface area contributed by atoms with Crippen LogP contribution in [0.15, 0.2) is 30.5 Å². The Hall–Kier alpha value is -3.33. The number of rotatable bonds is 5. The number of fused-ring (bicyclic) bond motifs is 1. The van der Waals surface area contributed by atoms with Crippen LogP contribution >= 0.6 is 0 Å². The SMILES string of the molecule is COc1ccc(C(=O)Nc2cnc3c(C4CCOCC4)ccc(OC)c3n2)nn1. The molecule has 1 fully saturated rings. The number of anilines is 1. The summed E-state index contributed by atoms with van der Waals surface area (Å²) in [6.07, 6.45) is 3.43. The molecule has 1 aliphatic rings. The molecule has 29 heavy (non-hydrogen) atoms. The number of hydrogen-bond acceptors (Lipinski definition) is 8. The van der Waals surface area contributed by atoms with Crippen molar-refractivity contribution in [1.29, 1.82) is 0 Å². The Balaban J connectivity index is 1.64. The second kappa shape index (κ2) is 8.36. The Kier molecular flexibility index (Phi) is 5.48. The predicted octanol–water partition coefficient (Wildman–Crippen LogP) is 2.58. The van der Waals surface area contributed by atoms with Crippen molar-refractivity contribution in [2.45, 2.75) is 18.8 Å². The smallest absolute Gasteiger partial charge is 0.277 e. The summed E-state index contributed by atoms with van der Waals surface area (Å²) < 4.78 is 15.9. The fourth-order valence-electron chi connectivity index (χ4n) is 3.39. The second-order valence-electron chi connectivity index (χ2n) is 6.61. The number of aromatic nitrogens is 4. The first-order chi connectivity index (χ1) is 14.2. The summed E-state index contributed by atoms with van der Waals surface area (Å²) in [5.74, 6) is 1.17. The molecule has 150 valence electrons. The summed E-state index contributed by atoms with van der Waals surface area (Å²) in [7, 11) is 3.07. The topological polar surface area (TPSA) is 108 Å². The molecule has 2 aromatic heterocycles. The first-order valence-corrected chi connectivity index (χ1v) is 9.30. The van der Waals surface area contributed by atoms with Gasteiger partial charge in [0.25, 0.3) is 5.91 Å². The van der Waals surface area contributed by atoms with E-state index in [1.807, 2.05) is 12.1 Å². The summed E-state index contributed by atoms with van der Waals surface area (Å²) in [6, 6.07) is 7.02. The molecule has 3 aromatic rings. The predicted molar refractivity (Wildman–Crippen MR) is 105 cm³/mol. The van der Waals surface area contributed by atoms with Gasteiger partial charge in [0.05, 0.1) is 25.9 Å². The highest BCUT2D eigenvalue weighted by atomic mass is 16.5. The average Bonchev–Trinajstić information content (AvgIpc) is 2.79. The summed E-state index contributed by atoms with van der Waals surface area (Å²) in [4.78, 5) is 21.6. The van der Waals surface area contributed by atoms with Gasteiger partial charge in [-0.25, -0.2) is 4.98 Å². The van der Waals surface area contributed by atoms with Crippen molar-refractivity contribution in [3.8, 4) is 11.6 Å². The van der Waals surface area contributed by atoms with Crippen LogP contribution in [0.2, 0.25) is 0 Å². The van der Waals surface area contributed by atoms with Crippen molar-refractivity contribution in [2.75, 3.05) is 32.8 Å². The first kappa shape index (κ1) is 19.0. The van der Waals surface area contributed by atoms with Crippen molar-refractivity contribution < 1.29 is 19.0 Å². The molecule has 1 amide bonds. The van der Waals surface area contributed by atoms with Crippen molar-refractivity contribution in [1.82, 2.24) is 20.2 Å². The Bertz CT molecular complexity index is 1020. The average molecular weight is 395 g/mol. The fourth-order valence-corrected chi connectivity index (χ4v) is 3.39. The number of amides is 1. The normalized spacial score (nSPS) is 14.6. The summed E-state index contributed by atoms with van der Waals surface area (Å²) >= 11 is 0. The van der Waals surface area contributed by atoms with E-state index in [0.29, 0.717) is 28.9 Å². The quantitative estimate of drug-likeness (QED) is 0.702. The lowest BCUT2D eigenvalue weighted by Crippen LogP contribution is -2.16. The van der Waals surface area contributed by atoms with Crippen LogP contribution in [0.1, 0.15) is 34.8 Å². The van der Waals surface area contributed by atoms with Gasteiger partial charge < -0.3 is 19.5 Å². The Morgan fingerprint density at radius 3 is 2.59 bits per heavy atom. The van der Waals surface area contributed by atoms with Crippen LogP contribution in [0.25, 0.3) is 11.0 Å². The summed E-state index contributed by atoms with van der Waals surface area (Å²) in [5, 5.41) is 10.4. The molecule has 1 saturated heterocycles. The van der Waals surface area contributed by atoms with Gasteiger partial charge in [-0.1, -0.05) is 6.07 Å². The van der Waals surface area contributed by atoms with Crippen molar-refractivity contribution in [2.24, 2.45) is 0 Å². The Morgan fingerprint density at radius 1 is 1.07 bits per heavy atom. The van der Waals surface area contributed by atoms with Gasteiger partial charge in [0.15, 0.2) is 11.5 Å². The maximum atomic E-state index is 12.5. The maximum absolute atomic E-state index is 12.5. The van der Waals surface area contributed by atoms with E-state index in [0.717, 1.165) is 37.1 Å². The highest BCUT2D eigenvalue weighted by Crippen LogP contribution is 2.35. The van der Waals surface area contributed by atoms with Crippen LogP contribution in [0.4, 0.5) is 5.82 Å². The largest absolute Gasteiger partial charge is 0.494 e. The molecule has 0 atom stereocenters. The van der Waals surface area contributed by atoms with Crippen LogP contribution < -0.4 is 14.8 Å². The van der Waals surface area contributed by atoms with Gasteiger partial charge >= 0.3 is 0 Å². The third-order valence-corrected chi connectivity index (χ3v) is 4.90. The first-order valence-electron chi connectivity index (χ1n) is 9.30. The highest BCUT2D eigenvalue weighted by Gasteiger charge is 2.21. The number of nitrogens with one attached hydrogen (secondary N) is 1. The number of methoxy groups -OCH3 is 2. The van der Waals surface area contributed by atoms with Crippen LogP contribution in [0, 0.1) is 0 Å². The fraction of sp³-hybridized carbons (Fsp3) is 0.350. The lowest BCUT2D eigenvalue weighted by molar-refractivity contribution is 0.0855. The minimum Gasteiger partial charge on any atom is -0.494 e. The number of benzene rings is 1. The lowest BCUT2D eigenvalue weighted by Gasteiger charge is -2.23. The molecule has 0 spiro atoms. The molecule has 9 heteroatoms. The second-order valence-corrected chi connectivity index (χ2v) is 6.61. The van der Waals surface area contributed by atoms with Gasteiger partial charge in [-0.2, -0.15) is 0 Å². The lowest BCUT2D eigenvalue weighted by atomic mass is 9.90. The van der Waals surface area contributed by atoms with Crippen molar-refractivity contribution in [3.63, 3.8) is 0 Å². The van der Waals surface area contributed by atoms with E-state index in [-0.39, 0.29) is 5.69 Å². The standard InChI is InChI=1S/C20H21N5O4/c1-27-15-5-3-13(12-7-9-29-10-8-12)18-19(15)22-16(11-21-18)23-20(26)14-4-6-17(28-2)25-24-14/h3-6,11-12H,7-10H2,1-2H3,(H,22,23,26). The van der Waals surface area contributed by atoms with E-state index in [1.165, 1.54) is 13.2 Å². The zero-order valence-electron chi connectivity index (χ0n) is 16.2. The maximum Gasteiger partial charge on any atom is 0.277 e. The van der Waals surface area contributed by atoms with Crippen molar-refractivity contribution >= 4 is 22.8 Å². The number of carbonyl (C=O) groups is 1. The van der Waals surface area contributed by atoms with Crippen LogP contribution in [-0.4, -0.2) is 53.5 Å². The minimum absolute atomic E-state index is 0.149. The zero-order valence-corrected chi connectivity index (χ0v) is 16.2. The molecule has 9 nitrogen and oxygen atoms in total. The summed E-state index contributed by atoms with van der Waals surface area (Å²) in [5.41, 5.74) is 2.65. The van der Waals surface area contributed by atoms with Crippen LogP contribution in [0.3, 0.4) is 0 Å². The molecule has 1 N–H and O–H groups in total. The number of ether oxygens (including phenoxy) is 3. The Labute approximate surface area is 167 Å². The van der Waals surface area contributed by atoms with E-state index in [9.17, 15) is 4.79 Å². The molecule has 0 saturated carbocycles. The van der Waals surface area contributed by atoms with E-state index in [1.54, 1.807) is 19.4 Å². The summed E-state index contributed by atoms with van der Waals surface area (Å²) in [6.45, 7) is 1.48. The molecule has 0 unspecified atom stereocenters. The van der Waals surface area contributed by atoms with Crippen molar-refractivity contribution in [3.05, 3.63) is 41.7 Å². The van der Waals surface area contributed by atoms with Gasteiger partial charge in [0.1, 0.15) is 11.3 Å². The molecular weight excluding hydrogens is 374 g/mol. The van der Waals surface area contributed by atoms with Gasteiger partial charge in [-0.15, -0.1) is 10.2 Å². The molecule has 1 aliphatic heterocycles. The third-order valence-electron chi connectivity index (χ3n) is 4.90. The highest BCUT2D eigenvalue weighted by molar-refractivity contribution is 6.02. The molecular formula is C20H21N5O4. The van der Waals surface area contributed by atoms with Gasteiger partial charge in [0.2, 0.25) is 5.88 Å². The molecule has 0 bridgehead atoms. The van der Waals surface area contributed by atoms with E-state index < -0.39 is 5.91 Å². The number of hydrogen-bond donors (Lipinski definition) is 1. The van der Waals surface area contributed by atoms with Crippen LogP contribution in [-0.2, 0) is 4.74 Å². The van der Waals surface area contributed by atoms with Gasteiger partial charge in [0, 0.05) is 19.3 Å². The molecule has 0 aliphatic carbocycles. The molecule has 4 rings (SSSR count). The molecule has 1 aromatic carbocycles. The third kappa shape index (κ3) is 3.95. The van der Waals surface area contributed by atoms with E-state index in [2.05, 4.69) is 25.5 Å². The van der Waals surface area contributed by atoms with Crippen LogP contribution in [0.5, 0.6) is 11.6 Å². The minimum atomic E-state index is -0.437. The monoisotopic (exact) mass is 395 g/mol.